The van der Waals surface area contributed by atoms with Crippen molar-refractivity contribution in [3.05, 3.63) is 87.2 Å². The number of amides is 2. The van der Waals surface area contributed by atoms with Crippen LogP contribution in [0.1, 0.15) is 67.2 Å². The molecule has 2 heterocycles. The highest BCUT2D eigenvalue weighted by molar-refractivity contribution is 5.96. The van der Waals surface area contributed by atoms with Crippen LogP contribution in [0.3, 0.4) is 0 Å². The number of carbonyl (C=O) groups is 2. The van der Waals surface area contributed by atoms with Crippen molar-refractivity contribution in [1.82, 2.24) is 14.8 Å². The highest BCUT2D eigenvalue weighted by Crippen LogP contribution is 2.27. The zero-order valence-corrected chi connectivity index (χ0v) is 23.3. The lowest BCUT2D eigenvalue weighted by Crippen LogP contribution is -2.29. The number of fused-ring (bicyclic) bond motifs is 2. The second-order valence-electron chi connectivity index (χ2n) is 10.7. The second-order valence-corrected chi connectivity index (χ2v) is 10.7. The molecule has 0 unspecified atom stereocenters. The summed E-state index contributed by atoms with van der Waals surface area (Å²) in [5.41, 5.74) is 16.4. The molecule has 0 saturated carbocycles. The molecule has 2 bridgehead atoms. The molecule has 0 saturated heterocycles. The van der Waals surface area contributed by atoms with Crippen LogP contribution in [-0.2, 0) is 25.9 Å². The lowest BCUT2D eigenvalue weighted by atomic mass is 10.0. The van der Waals surface area contributed by atoms with E-state index in [1.165, 1.54) is 0 Å². The summed E-state index contributed by atoms with van der Waals surface area (Å²) in [6.45, 7) is 7.87. The van der Waals surface area contributed by atoms with Crippen molar-refractivity contribution in [3.63, 3.8) is 0 Å². The summed E-state index contributed by atoms with van der Waals surface area (Å²) >= 11 is 0. The highest BCUT2D eigenvalue weighted by Gasteiger charge is 2.19. The smallest absolute Gasteiger partial charge is 0.252 e. The van der Waals surface area contributed by atoms with Crippen LogP contribution in [0.4, 0.5) is 0 Å². The number of phenols is 2. The molecule has 212 valence electrons. The zero-order valence-electron chi connectivity index (χ0n) is 23.3. The first kappa shape index (κ1) is 29.0. The summed E-state index contributed by atoms with van der Waals surface area (Å²) in [5.74, 6) is -1.39. The van der Waals surface area contributed by atoms with E-state index in [2.05, 4.69) is 9.80 Å². The van der Waals surface area contributed by atoms with Crippen molar-refractivity contribution < 1.29 is 19.8 Å². The van der Waals surface area contributed by atoms with Gasteiger partial charge < -0.3 is 21.7 Å². The van der Waals surface area contributed by atoms with Crippen LogP contribution in [0.15, 0.2) is 42.5 Å². The Morgan fingerprint density at radius 3 is 1.57 bits per heavy atom. The van der Waals surface area contributed by atoms with Gasteiger partial charge in [-0.15, -0.1) is 0 Å². The van der Waals surface area contributed by atoms with E-state index in [1.807, 2.05) is 44.2 Å². The number of aromatic hydroxyl groups is 2. The number of aryl methyl sites for hydroxylation is 2. The minimum absolute atomic E-state index is 0.0550. The van der Waals surface area contributed by atoms with E-state index in [1.54, 1.807) is 12.1 Å². The molecule has 1 aliphatic heterocycles. The van der Waals surface area contributed by atoms with Crippen LogP contribution < -0.4 is 11.5 Å². The van der Waals surface area contributed by atoms with Crippen LogP contribution >= 0.6 is 0 Å². The first-order valence-electron chi connectivity index (χ1n) is 13.7. The Morgan fingerprint density at radius 1 is 0.750 bits per heavy atom. The molecule has 9 heteroatoms. The number of nitrogens with zero attached hydrogens (tertiary/aromatic N) is 3. The van der Waals surface area contributed by atoms with Crippen molar-refractivity contribution >= 4 is 11.8 Å². The fraction of sp³-hybridized carbons (Fsp3) is 0.387. The van der Waals surface area contributed by atoms with Crippen molar-refractivity contribution in [1.29, 1.82) is 0 Å². The Kier molecular flexibility index (Phi) is 9.39. The van der Waals surface area contributed by atoms with Gasteiger partial charge in [0, 0.05) is 61.5 Å². The molecule has 6 N–H and O–H groups in total. The first-order chi connectivity index (χ1) is 19.1. The van der Waals surface area contributed by atoms with Crippen LogP contribution in [0, 0.1) is 13.8 Å². The SMILES string of the molecule is Cc1cc(CN2CCCCN(Cc3cc(C)cc(C(N)=O)c3O)CCc3cccc(n3)CC2)c(O)c(C(N)=O)c1. The van der Waals surface area contributed by atoms with Crippen molar-refractivity contribution in [2.45, 2.75) is 52.6 Å². The molecule has 0 radical (unpaired) electrons. The van der Waals surface area contributed by atoms with Crippen molar-refractivity contribution in [3.8, 4) is 11.5 Å². The Morgan fingerprint density at radius 2 is 1.18 bits per heavy atom. The fourth-order valence-corrected chi connectivity index (χ4v) is 5.37. The maximum atomic E-state index is 11.9. The summed E-state index contributed by atoms with van der Waals surface area (Å²) in [6, 6.07) is 13.1. The molecule has 40 heavy (non-hydrogen) atoms. The molecule has 4 rings (SSSR count). The molecule has 1 aromatic heterocycles. The largest absolute Gasteiger partial charge is 0.507 e. The zero-order chi connectivity index (χ0) is 28.8. The number of hydrogen-bond acceptors (Lipinski definition) is 7. The van der Waals surface area contributed by atoms with Gasteiger partial charge in [-0.25, -0.2) is 0 Å². The van der Waals surface area contributed by atoms with Gasteiger partial charge >= 0.3 is 0 Å². The minimum Gasteiger partial charge on any atom is -0.507 e. The van der Waals surface area contributed by atoms with Crippen LogP contribution in [0.25, 0.3) is 0 Å². The van der Waals surface area contributed by atoms with Crippen LogP contribution in [-0.4, -0.2) is 63.0 Å². The summed E-state index contributed by atoms with van der Waals surface area (Å²) < 4.78 is 0. The van der Waals surface area contributed by atoms with E-state index < -0.39 is 11.8 Å². The average molecular weight is 546 g/mol. The standard InChI is InChI=1S/C31H39N5O4/c1-20-14-22(28(37)26(16-20)30(32)39)18-35-10-3-4-11-36(13-9-25-7-5-6-24(34-25)8-12-35)19-23-15-21(2)17-27(29(23)38)31(33)40/h5-7,14-17,37-38H,3-4,8-13,18-19H2,1-2H3,(H2,32,39)(H2,33,40). The van der Waals surface area contributed by atoms with Gasteiger partial charge in [-0.2, -0.15) is 0 Å². The predicted molar refractivity (Wildman–Crippen MR) is 154 cm³/mol. The summed E-state index contributed by atoms with van der Waals surface area (Å²) in [7, 11) is 0. The molecule has 9 nitrogen and oxygen atoms in total. The summed E-state index contributed by atoms with van der Waals surface area (Å²) in [5, 5.41) is 21.5. The number of pyridine rings is 1. The van der Waals surface area contributed by atoms with E-state index in [9.17, 15) is 19.8 Å². The minimum atomic E-state index is -0.643. The molecule has 0 aliphatic carbocycles. The number of benzene rings is 2. The number of aromatic nitrogens is 1. The van der Waals surface area contributed by atoms with Gasteiger partial charge in [-0.3, -0.25) is 24.4 Å². The Labute approximate surface area is 235 Å². The third-order valence-corrected chi connectivity index (χ3v) is 7.42. The van der Waals surface area contributed by atoms with E-state index in [4.69, 9.17) is 16.5 Å². The molecule has 3 aromatic rings. The Bertz CT molecular complexity index is 1290. The lowest BCUT2D eigenvalue weighted by molar-refractivity contribution is 0.0988. The van der Waals surface area contributed by atoms with E-state index in [-0.39, 0.29) is 22.6 Å². The fourth-order valence-electron chi connectivity index (χ4n) is 5.37. The normalized spacial score (nSPS) is 15.6. The van der Waals surface area contributed by atoms with Gasteiger partial charge in [-0.05, 0) is 75.2 Å². The van der Waals surface area contributed by atoms with Gasteiger partial charge in [0.2, 0.25) is 0 Å². The number of rotatable bonds is 6. The Balaban J connectivity index is 1.55. The molecular weight excluding hydrogens is 506 g/mol. The van der Waals surface area contributed by atoms with Gasteiger partial charge in [0.05, 0.1) is 11.1 Å². The maximum absolute atomic E-state index is 11.9. The second kappa shape index (κ2) is 12.9. The number of primary amides is 2. The van der Waals surface area contributed by atoms with Gasteiger partial charge in [-0.1, -0.05) is 18.2 Å². The van der Waals surface area contributed by atoms with E-state index in [0.29, 0.717) is 24.2 Å². The monoisotopic (exact) mass is 545 g/mol. The van der Waals surface area contributed by atoms with Gasteiger partial charge in [0.15, 0.2) is 0 Å². The molecule has 0 atom stereocenters. The molecule has 0 fully saturated rings. The topological polar surface area (TPSA) is 146 Å². The quantitative estimate of drug-likeness (QED) is 0.372. The average Bonchev–Trinajstić information content (AvgIpc) is 2.91. The van der Waals surface area contributed by atoms with Crippen LogP contribution in [0.5, 0.6) is 11.5 Å². The third-order valence-electron chi connectivity index (χ3n) is 7.42. The lowest BCUT2D eigenvalue weighted by Gasteiger charge is -2.25. The van der Waals surface area contributed by atoms with Gasteiger partial charge in [0.25, 0.3) is 11.8 Å². The summed E-state index contributed by atoms with van der Waals surface area (Å²) in [4.78, 5) is 33.2. The van der Waals surface area contributed by atoms with Gasteiger partial charge in [0.1, 0.15) is 11.5 Å². The third kappa shape index (κ3) is 7.37. The molecular formula is C31H39N5O4. The van der Waals surface area contributed by atoms with Crippen molar-refractivity contribution in [2.24, 2.45) is 11.5 Å². The number of hydrogen-bond donors (Lipinski definition) is 4. The Hall–Kier alpha value is -3.95. The first-order valence-corrected chi connectivity index (χ1v) is 13.7. The van der Waals surface area contributed by atoms with Crippen LogP contribution in [0.2, 0.25) is 0 Å². The van der Waals surface area contributed by atoms with Crippen molar-refractivity contribution in [2.75, 3.05) is 26.2 Å². The number of carbonyl (C=O) groups excluding carboxylic acids is 2. The molecule has 0 spiro atoms. The molecule has 2 aromatic carbocycles. The predicted octanol–water partition coefficient (Wildman–Crippen LogP) is 3.19. The maximum Gasteiger partial charge on any atom is 0.252 e. The number of nitrogens with two attached hydrogens (primary N) is 2. The molecule has 1 aliphatic rings. The van der Waals surface area contributed by atoms with E-state index >= 15 is 0 Å². The van der Waals surface area contributed by atoms with E-state index in [0.717, 1.165) is 74.4 Å². The highest BCUT2D eigenvalue weighted by atomic mass is 16.3. The molecule has 2 amide bonds. The summed E-state index contributed by atoms with van der Waals surface area (Å²) in [6.07, 6.45) is 3.37.